The number of methoxy groups -OCH3 is 1. The van der Waals surface area contributed by atoms with Crippen LogP contribution in [0.3, 0.4) is 0 Å². The van der Waals surface area contributed by atoms with E-state index in [9.17, 15) is 8.42 Å². The van der Waals surface area contributed by atoms with Gasteiger partial charge in [0, 0.05) is 26.7 Å². The molecule has 1 aromatic carbocycles. The molecule has 1 aromatic rings. The molecule has 0 saturated carbocycles. The van der Waals surface area contributed by atoms with E-state index in [0.717, 1.165) is 6.42 Å². The molecule has 0 unspecified atom stereocenters. The SMILES string of the molecule is CCCNc1ccccc1S(=O)(=O)N(CCO)CCOC. The Morgan fingerprint density at radius 1 is 1.29 bits per heavy atom. The number of aliphatic hydroxyl groups excluding tert-OH is 1. The average Bonchev–Trinajstić information content (AvgIpc) is 2.49. The molecule has 1 rings (SSSR count). The van der Waals surface area contributed by atoms with E-state index in [1.165, 1.54) is 11.4 Å². The minimum atomic E-state index is -3.67. The van der Waals surface area contributed by atoms with Gasteiger partial charge >= 0.3 is 0 Å². The van der Waals surface area contributed by atoms with E-state index >= 15 is 0 Å². The van der Waals surface area contributed by atoms with Crippen LogP contribution in [0.15, 0.2) is 29.2 Å². The molecule has 0 saturated heterocycles. The predicted octanol–water partition coefficient (Wildman–Crippen LogP) is 1.14. The highest BCUT2D eigenvalue weighted by molar-refractivity contribution is 7.89. The summed E-state index contributed by atoms with van der Waals surface area (Å²) in [6.45, 7) is 3.03. The monoisotopic (exact) mass is 316 g/mol. The van der Waals surface area contributed by atoms with Crippen LogP contribution in [-0.2, 0) is 14.8 Å². The number of benzene rings is 1. The first-order valence-electron chi connectivity index (χ1n) is 7.00. The predicted molar refractivity (Wildman–Crippen MR) is 82.9 cm³/mol. The van der Waals surface area contributed by atoms with Crippen LogP contribution in [0.25, 0.3) is 0 Å². The number of aliphatic hydroxyl groups is 1. The van der Waals surface area contributed by atoms with Gasteiger partial charge in [0.05, 0.1) is 18.9 Å². The molecule has 0 bridgehead atoms. The molecular weight excluding hydrogens is 292 g/mol. The number of rotatable bonds is 10. The molecule has 0 aliphatic carbocycles. The lowest BCUT2D eigenvalue weighted by atomic mass is 10.3. The Morgan fingerprint density at radius 3 is 2.62 bits per heavy atom. The van der Waals surface area contributed by atoms with Crippen molar-refractivity contribution in [2.45, 2.75) is 18.2 Å². The van der Waals surface area contributed by atoms with Gasteiger partial charge in [-0.15, -0.1) is 0 Å². The fourth-order valence-electron chi connectivity index (χ4n) is 1.89. The van der Waals surface area contributed by atoms with Crippen LogP contribution in [0.2, 0.25) is 0 Å². The fourth-order valence-corrected chi connectivity index (χ4v) is 3.48. The van der Waals surface area contributed by atoms with Crippen molar-refractivity contribution in [3.05, 3.63) is 24.3 Å². The maximum absolute atomic E-state index is 12.7. The van der Waals surface area contributed by atoms with Crippen LogP contribution in [0.5, 0.6) is 0 Å². The van der Waals surface area contributed by atoms with Crippen molar-refractivity contribution in [2.24, 2.45) is 0 Å². The third kappa shape index (κ3) is 4.96. The van der Waals surface area contributed by atoms with Crippen LogP contribution in [0.1, 0.15) is 13.3 Å². The summed E-state index contributed by atoms with van der Waals surface area (Å²) in [6.07, 6.45) is 0.901. The zero-order valence-corrected chi connectivity index (χ0v) is 13.4. The fraction of sp³-hybridized carbons (Fsp3) is 0.571. The molecular formula is C14H24N2O4S. The van der Waals surface area contributed by atoms with Crippen LogP contribution in [0.4, 0.5) is 5.69 Å². The standard InChI is InChI=1S/C14H24N2O4S/c1-3-8-15-13-6-4-5-7-14(13)21(18,19)16(9-11-17)10-12-20-2/h4-7,15,17H,3,8-12H2,1-2H3. The largest absolute Gasteiger partial charge is 0.395 e. The van der Waals surface area contributed by atoms with Crippen molar-refractivity contribution in [1.82, 2.24) is 4.31 Å². The zero-order chi connectivity index (χ0) is 15.7. The summed E-state index contributed by atoms with van der Waals surface area (Å²) in [4.78, 5) is 0.225. The molecule has 120 valence electrons. The molecule has 0 spiro atoms. The summed E-state index contributed by atoms with van der Waals surface area (Å²) < 4.78 is 31.6. The Kier molecular flexibility index (Phi) is 7.66. The zero-order valence-electron chi connectivity index (χ0n) is 12.6. The van der Waals surface area contributed by atoms with Gasteiger partial charge in [-0.2, -0.15) is 4.31 Å². The normalized spacial score (nSPS) is 11.8. The Bertz CT molecular complexity index is 519. The molecule has 0 aromatic heterocycles. The summed E-state index contributed by atoms with van der Waals surface area (Å²) in [5.41, 5.74) is 0.583. The van der Waals surface area contributed by atoms with Crippen molar-refractivity contribution < 1.29 is 18.3 Å². The smallest absolute Gasteiger partial charge is 0.245 e. The molecule has 6 nitrogen and oxygen atoms in total. The van der Waals surface area contributed by atoms with Crippen LogP contribution >= 0.6 is 0 Å². The second-order valence-electron chi connectivity index (χ2n) is 4.54. The minimum Gasteiger partial charge on any atom is -0.395 e. The van der Waals surface area contributed by atoms with Crippen molar-refractivity contribution in [1.29, 1.82) is 0 Å². The molecule has 0 aliphatic heterocycles. The number of ether oxygens (including phenoxy) is 1. The number of anilines is 1. The number of hydrogen-bond acceptors (Lipinski definition) is 5. The van der Waals surface area contributed by atoms with E-state index in [2.05, 4.69) is 5.32 Å². The molecule has 0 radical (unpaired) electrons. The van der Waals surface area contributed by atoms with E-state index in [-0.39, 0.29) is 31.2 Å². The van der Waals surface area contributed by atoms with Crippen molar-refractivity contribution in [3.8, 4) is 0 Å². The number of nitrogens with zero attached hydrogens (tertiary/aromatic N) is 1. The summed E-state index contributed by atoms with van der Waals surface area (Å²) >= 11 is 0. The second-order valence-corrected chi connectivity index (χ2v) is 6.45. The van der Waals surface area contributed by atoms with Gasteiger partial charge in [-0.05, 0) is 18.6 Å². The lowest BCUT2D eigenvalue weighted by Gasteiger charge is -2.22. The van der Waals surface area contributed by atoms with Gasteiger partial charge in [-0.1, -0.05) is 19.1 Å². The van der Waals surface area contributed by atoms with E-state index in [4.69, 9.17) is 9.84 Å². The number of sulfonamides is 1. The van der Waals surface area contributed by atoms with Crippen molar-refractivity contribution >= 4 is 15.7 Å². The van der Waals surface area contributed by atoms with Gasteiger partial charge in [-0.25, -0.2) is 8.42 Å². The lowest BCUT2D eigenvalue weighted by molar-refractivity contribution is 0.168. The third-order valence-corrected chi connectivity index (χ3v) is 4.92. The average molecular weight is 316 g/mol. The molecule has 0 fully saturated rings. The van der Waals surface area contributed by atoms with E-state index in [1.807, 2.05) is 6.92 Å². The molecule has 0 aliphatic rings. The summed E-state index contributed by atoms with van der Waals surface area (Å²) in [7, 11) is -2.15. The van der Waals surface area contributed by atoms with Crippen LogP contribution in [-0.4, -0.2) is 57.8 Å². The highest BCUT2D eigenvalue weighted by Crippen LogP contribution is 2.24. The van der Waals surface area contributed by atoms with Gasteiger partial charge in [-0.3, -0.25) is 0 Å². The lowest BCUT2D eigenvalue weighted by Crippen LogP contribution is -2.36. The highest BCUT2D eigenvalue weighted by Gasteiger charge is 2.26. The van der Waals surface area contributed by atoms with Gasteiger partial charge in [0.2, 0.25) is 10.0 Å². The molecule has 0 amide bonds. The first-order chi connectivity index (χ1) is 10.1. The van der Waals surface area contributed by atoms with E-state index < -0.39 is 10.0 Å². The molecule has 0 heterocycles. The van der Waals surface area contributed by atoms with Crippen LogP contribution < -0.4 is 5.32 Å². The van der Waals surface area contributed by atoms with Gasteiger partial charge in [0.25, 0.3) is 0 Å². The quantitative estimate of drug-likeness (QED) is 0.677. The van der Waals surface area contributed by atoms with Gasteiger partial charge < -0.3 is 15.2 Å². The summed E-state index contributed by atoms with van der Waals surface area (Å²) in [6, 6.07) is 6.81. The maximum Gasteiger partial charge on any atom is 0.245 e. The Morgan fingerprint density at radius 2 is 2.00 bits per heavy atom. The molecule has 7 heteroatoms. The topological polar surface area (TPSA) is 78.9 Å². The molecule has 21 heavy (non-hydrogen) atoms. The second kappa shape index (κ2) is 8.99. The van der Waals surface area contributed by atoms with Gasteiger partial charge in [0.1, 0.15) is 4.90 Å². The van der Waals surface area contributed by atoms with E-state index in [1.54, 1.807) is 24.3 Å². The van der Waals surface area contributed by atoms with E-state index in [0.29, 0.717) is 12.2 Å². The molecule has 0 atom stereocenters. The summed E-state index contributed by atoms with van der Waals surface area (Å²) in [5.74, 6) is 0. The Hall–Kier alpha value is -1.15. The van der Waals surface area contributed by atoms with Crippen molar-refractivity contribution in [3.63, 3.8) is 0 Å². The first kappa shape index (κ1) is 17.9. The minimum absolute atomic E-state index is 0.0494. The number of hydrogen-bond donors (Lipinski definition) is 2. The van der Waals surface area contributed by atoms with Gasteiger partial charge in [0.15, 0.2) is 0 Å². The third-order valence-electron chi connectivity index (χ3n) is 2.96. The first-order valence-corrected chi connectivity index (χ1v) is 8.44. The summed E-state index contributed by atoms with van der Waals surface area (Å²) in [5, 5.41) is 12.2. The highest BCUT2D eigenvalue weighted by atomic mass is 32.2. The van der Waals surface area contributed by atoms with Crippen LogP contribution in [0, 0.1) is 0 Å². The number of nitrogens with one attached hydrogen (secondary N) is 1. The Labute approximate surface area is 126 Å². The Balaban J connectivity index is 3.08. The molecule has 2 N–H and O–H groups in total. The maximum atomic E-state index is 12.7. The van der Waals surface area contributed by atoms with Crippen molar-refractivity contribution in [2.75, 3.05) is 45.3 Å². The number of para-hydroxylation sites is 1.